The number of hydrogen-bond acceptors (Lipinski definition) is 2. The smallest absolute Gasteiger partial charge is 0.152 e. The van der Waals surface area contributed by atoms with Crippen LogP contribution in [0.2, 0.25) is 0 Å². The summed E-state index contributed by atoms with van der Waals surface area (Å²) in [4.78, 5) is 0. The molecule has 0 spiro atoms. The Kier molecular flexibility index (Phi) is 3.64. The van der Waals surface area contributed by atoms with E-state index in [9.17, 15) is 10.2 Å². The lowest BCUT2D eigenvalue weighted by Crippen LogP contribution is -2.66. The summed E-state index contributed by atoms with van der Waals surface area (Å²) in [5.74, 6) is 0.116. The quantitative estimate of drug-likeness (QED) is 0.748. The molecule has 1 unspecified atom stereocenters. The zero-order valence-electron chi connectivity index (χ0n) is 14.8. The molecular weight excluding hydrogens is 303 g/mol. The van der Waals surface area contributed by atoms with Gasteiger partial charge in [0.25, 0.3) is 0 Å². The van der Waals surface area contributed by atoms with Crippen molar-refractivity contribution in [1.29, 1.82) is 0 Å². The van der Waals surface area contributed by atoms with Crippen molar-refractivity contribution in [2.45, 2.75) is 64.1 Å². The molecule has 0 aromatic carbocycles. The van der Waals surface area contributed by atoms with Gasteiger partial charge in [0.05, 0.1) is 6.10 Å². The van der Waals surface area contributed by atoms with Gasteiger partial charge in [0.15, 0.2) is 5.67 Å². The van der Waals surface area contributed by atoms with Crippen LogP contribution in [-0.2, 0) is 0 Å². The minimum Gasteiger partial charge on any atom is -0.396 e. The maximum atomic E-state index is 16.6. The average molecular weight is 332 g/mol. The molecule has 4 aliphatic rings. The summed E-state index contributed by atoms with van der Waals surface area (Å²) in [6, 6.07) is 0. The maximum absolute atomic E-state index is 16.6. The number of hydrogen-bond donors (Lipinski definition) is 2. The van der Waals surface area contributed by atoms with Crippen molar-refractivity contribution in [3.05, 3.63) is 35.5 Å². The normalized spacial score (nSPS) is 49.8. The van der Waals surface area contributed by atoms with Crippen molar-refractivity contribution < 1.29 is 14.6 Å². The van der Waals surface area contributed by atoms with Crippen molar-refractivity contribution in [3.63, 3.8) is 0 Å². The van der Waals surface area contributed by atoms with E-state index >= 15 is 4.39 Å². The monoisotopic (exact) mass is 332 g/mol. The fourth-order valence-corrected chi connectivity index (χ4v) is 6.51. The first-order valence-corrected chi connectivity index (χ1v) is 9.42. The molecule has 0 aromatic rings. The lowest BCUT2D eigenvalue weighted by Gasteiger charge is -2.62. The topological polar surface area (TPSA) is 40.5 Å². The van der Waals surface area contributed by atoms with E-state index < -0.39 is 17.2 Å². The van der Waals surface area contributed by atoms with Crippen molar-refractivity contribution >= 4 is 0 Å². The fraction of sp³-hybridized carbons (Fsp3) is 0.714. The van der Waals surface area contributed by atoms with Crippen LogP contribution in [0, 0.1) is 22.7 Å². The van der Waals surface area contributed by atoms with Crippen LogP contribution in [0.1, 0.15) is 52.4 Å². The summed E-state index contributed by atoms with van der Waals surface area (Å²) < 4.78 is 16.6. The first kappa shape index (κ1) is 16.5. The van der Waals surface area contributed by atoms with Gasteiger partial charge in [-0.05, 0) is 56.8 Å². The van der Waals surface area contributed by atoms with E-state index in [0.717, 1.165) is 25.7 Å². The zero-order chi connectivity index (χ0) is 17.2. The standard InChI is InChI=1S/C21H29FO2/c1-19-13-18(24)21(22)17(16(19)8-6-14(19)10-12-23)9-7-15-5-3-4-11-20(15,21)2/h4-6,11,16-18,23-24H,3,7-10,12-13H2,1-2H3/t16-,17-,18?,19+,20-,21-/m0/s1. The van der Waals surface area contributed by atoms with Gasteiger partial charge in [-0.2, -0.15) is 0 Å². The molecule has 2 saturated carbocycles. The maximum Gasteiger partial charge on any atom is 0.152 e. The summed E-state index contributed by atoms with van der Waals surface area (Å²) in [5.41, 5.74) is -0.0250. The molecule has 0 saturated heterocycles. The second-order valence-corrected chi connectivity index (χ2v) is 8.67. The van der Waals surface area contributed by atoms with Crippen molar-refractivity contribution in [1.82, 2.24) is 0 Å². The molecule has 0 radical (unpaired) electrons. The van der Waals surface area contributed by atoms with Crippen LogP contribution in [0.3, 0.4) is 0 Å². The van der Waals surface area contributed by atoms with E-state index in [-0.39, 0.29) is 23.9 Å². The Hall–Kier alpha value is -0.930. The van der Waals surface area contributed by atoms with Crippen LogP contribution >= 0.6 is 0 Å². The molecule has 0 heterocycles. The molecule has 4 aliphatic carbocycles. The lowest BCUT2D eigenvalue weighted by atomic mass is 9.45. The molecule has 6 atom stereocenters. The highest BCUT2D eigenvalue weighted by Crippen LogP contribution is 2.68. The van der Waals surface area contributed by atoms with Gasteiger partial charge in [-0.3, -0.25) is 0 Å². The highest BCUT2D eigenvalue weighted by atomic mass is 19.1. The first-order valence-electron chi connectivity index (χ1n) is 9.42. The van der Waals surface area contributed by atoms with Gasteiger partial charge in [0.1, 0.15) is 0 Å². The van der Waals surface area contributed by atoms with Gasteiger partial charge < -0.3 is 10.2 Å². The molecular formula is C21H29FO2. The largest absolute Gasteiger partial charge is 0.396 e. The van der Waals surface area contributed by atoms with Crippen LogP contribution in [-0.4, -0.2) is 28.6 Å². The van der Waals surface area contributed by atoms with E-state index in [1.807, 2.05) is 13.0 Å². The number of halogens is 1. The summed E-state index contributed by atoms with van der Waals surface area (Å²) in [5, 5.41) is 20.4. The van der Waals surface area contributed by atoms with Crippen LogP contribution in [0.5, 0.6) is 0 Å². The fourth-order valence-electron chi connectivity index (χ4n) is 6.51. The third-order valence-corrected chi connectivity index (χ3v) is 7.82. The molecule has 0 amide bonds. The third kappa shape index (κ3) is 1.83. The van der Waals surface area contributed by atoms with Gasteiger partial charge in [-0.25, -0.2) is 4.39 Å². The predicted molar refractivity (Wildman–Crippen MR) is 93.1 cm³/mol. The number of rotatable bonds is 2. The Labute approximate surface area is 144 Å². The zero-order valence-corrected chi connectivity index (χ0v) is 14.8. The van der Waals surface area contributed by atoms with Gasteiger partial charge in [-0.15, -0.1) is 0 Å². The number of alkyl halides is 1. The molecule has 4 rings (SSSR count). The molecule has 24 heavy (non-hydrogen) atoms. The van der Waals surface area contributed by atoms with Gasteiger partial charge in [0.2, 0.25) is 0 Å². The number of aliphatic hydroxyl groups excluding tert-OH is 2. The van der Waals surface area contributed by atoms with Crippen molar-refractivity contribution in [2.75, 3.05) is 6.61 Å². The minimum absolute atomic E-state index is 0.122. The van der Waals surface area contributed by atoms with Crippen LogP contribution in [0.25, 0.3) is 0 Å². The highest BCUT2D eigenvalue weighted by Gasteiger charge is 2.68. The molecule has 0 aliphatic heterocycles. The lowest BCUT2D eigenvalue weighted by molar-refractivity contribution is -0.185. The highest BCUT2D eigenvalue weighted by molar-refractivity contribution is 5.39. The Morgan fingerprint density at radius 2 is 2.04 bits per heavy atom. The minimum atomic E-state index is -1.58. The second kappa shape index (κ2) is 5.28. The average Bonchev–Trinajstić information content (AvgIpc) is 2.85. The molecule has 2 fully saturated rings. The summed E-state index contributed by atoms with van der Waals surface area (Å²) in [7, 11) is 0. The van der Waals surface area contributed by atoms with Crippen LogP contribution in [0.15, 0.2) is 35.5 Å². The van der Waals surface area contributed by atoms with E-state index in [1.165, 1.54) is 11.1 Å². The molecule has 2 nitrogen and oxygen atoms in total. The Balaban J connectivity index is 1.77. The predicted octanol–water partition coefficient (Wildman–Crippen LogP) is 4.10. The number of aliphatic hydroxyl groups is 2. The van der Waals surface area contributed by atoms with E-state index in [2.05, 4.69) is 25.2 Å². The summed E-state index contributed by atoms with van der Waals surface area (Å²) in [6.07, 6.45) is 12.1. The third-order valence-electron chi connectivity index (χ3n) is 7.82. The molecule has 2 N–H and O–H groups in total. The summed E-state index contributed by atoms with van der Waals surface area (Å²) >= 11 is 0. The number of allylic oxidation sites excluding steroid dienone is 5. The van der Waals surface area contributed by atoms with Gasteiger partial charge in [0, 0.05) is 17.9 Å². The second-order valence-electron chi connectivity index (χ2n) is 8.67. The van der Waals surface area contributed by atoms with Crippen LogP contribution < -0.4 is 0 Å². The Morgan fingerprint density at radius 3 is 2.79 bits per heavy atom. The van der Waals surface area contributed by atoms with E-state index in [1.54, 1.807) is 0 Å². The number of fused-ring (bicyclic) bond motifs is 5. The van der Waals surface area contributed by atoms with Gasteiger partial charge >= 0.3 is 0 Å². The van der Waals surface area contributed by atoms with E-state index in [4.69, 9.17) is 0 Å². The molecule has 0 bridgehead atoms. The SMILES string of the molecule is C[C@]12C=CCC=C1CC[C@H]1[C@@H]3CC=C(CCO)[C@@]3(C)CC(O)[C@@]12F. The molecule has 132 valence electrons. The molecule has 0 aromatic heterocycles. The van der Waals surface area contributed by atoms with E-state index in [0.29, 0.717) is 12.8 Å². The summed E-state index contributed by atoms with van der Waals surface area (Å²) in [6.45, 7) is 4.30. The first-order chi connectivity index (χ1) is 11.4. The Morgan fingerprint density at radius 1 is 1.25 bits per heavy atom. The van der Waals surface area contributed by atoms with Crippen molar-refractivity contribution in [3.8, 4) is 0 Å². The molecule has 3 heteroatoms. The van der Waals surface area contributed by atoms with Gasteiger partial charge in [-0.1, -0.05) is 42.4 Å². The van der Waals surface area contributed by atoms with Crippen molar-refractivity contribution in [2.24, 2.45) is 22.7 Å². The Bertz CT molecular complexity index is 636. The van der Waals surface area contributed by atoms with Crippen LogP contribution in [0.4, 0.5) is 4.39 Å².